The Hall–Kier alpha value is -2.28. The fraction of sp³-hybridized carbons (Fsp3) is 0.429. The van der Waals surface area contributed by atoms with Crippen molar-refractivity contribution >= 4 is 12.0 Å². The van der Waals surface area contributed by atoms with Gasteiger partial charge in [-0.05, 0) is 24.1 Å². The predicted molar refractivity (Wildman–Crippen MR) is 76.4 cm³/mol. The molecule has 0 radical (unpaired) electrons. The molecule has 0 aliphatic heterocycles. The molecule has 1 atom stereocenters. The Bertz CT molecular complexity index is 478. The first-order chi connectivity index (χ1) is 10.1. The number of amides is 2. The monoisotopic (exact) mass is 296 g/mol. The number of carbonyl (C=O) groups excluding carboxylic acids is 1. The predicted octanol–water partition coefficient (Wildman–Crippen LogP) is 0.372. The zero-order valence-electron chi connectivity index (χ0n) is 11.8. The smallest absolute Gasteiger partial charge is 0.326 e. The Kier molecular flexibility index (Phi) is 7.03. The van der Waals surface area contributed by atoms with E-state index in [9.17, 15) is 9.59 Å². The quantitative estimate of drug-likeness (QED) is 0.554. The number of nitrogens with one attached hydrogen (secondary N) is 2. The van der Waals surface area contributed by atoms with E-state index in [-0.39, 0.29) is 13.0 Å². The van der Waals surface area contributed by atoms with E-state index in [0.717, 1.165) is 11.3 Å². The highest BCUT2D eigenvalue weighted by atomic mass is 16.5. The molecule has 7 nitrogen and oxygen atoms in total. The van der Waals surface area contributed by atoms with Gasteiger partial charge in [0.2, 0.25) is 0 Å². The van der Waals surface area contributed by atoms with Gasteiger partial charge in [0.1, 0.15) is 11.8 Å². The van der Waals surface area contributed by atoms with E-state index in [4.69, 9.17) is 14.9 Å². The molecule has 1 aromatic carbocycles. The molecule has 0 aliphatic carbocycles. The lowest BCUT2D eigenvalue weighted by atomic mass is 10.1. The van der Waals surface area contributed by atoms with E-state index in [1.165, 1.54) is 0 Å². The van der Waals surface area contributed by atoms with Crippen LogP contribution in [0.5, 0.6) is 5.75 Å². The minimum absolute atomic E-state index is 0.0291. The second-order valence-electron chi connectivity index (χ2n) is 4.40. The number of urea groups is 1. The zero-order chi connectivity index (χ0) is 15.7. The molecular weight excluding hydrogens is 276 g/mol. The largest absolute Gasteiger partial charge is 0.497 e. The first kappa shape index (κ1) is 16.8. The minimum Gasteiger partial charge on any atom is -0.497 e. The van der Waals surface area contributed by atoms with Gasteiger partial charge in [-0.1, -0.05) is 12.1 Å². The van der Waals surface area contributed by atoms with Crippen LogP contribution in [0.25, 0.3) is 0 Å². The number of hydrogen-bond acceptors (Lipinski definition) is 4. The minimum atomic E-state index is -1.17. The van der Waals surface area contributed by atoms with Crippen molar-refractivity contribution in [3.63, 3.8) is 0 Å². The summed E-state index contributed by atoms with van der Waals surface area (Å²) in [5, 5.41) is 22.4. The molecule has 7 heteroatoms. The van der Waals surface area contributed by atoms with E-state index >= 15 is 0 Å². The van der Waals surface area contributed by atoms with Crippen molar-refractivity contribution in [1.82, 2.24) is 10.6 Å². The van der Waals surface area contributed by atoms with Crippen molar-refractivity contribution < 1.29 is 24.5 Å². The summed E-state index contributed by atoms with van der Waals surface area (Å²) in [6.07, 6.45) is 0.570. The lowest BCUT2D eigenvalue weighted by molar-refractivity contribution is -0.139. The van der Waals surface area contributed by atoms with Gasteiger partial charge >= 0.3 is 12.0 Å². The van der Waals surface area contributed by atoms with Gasteiger partial charge in [-0.25, -0.2) is 9.59 Å². The van der Waals surface area contributed by atoms with Gasteiger partial charge < -0.3 is 25.6 Å². The van der Waals surface area contributed by atoms with Gasteiger partial charge in [-0.3, -0.25) is 0 Å². The number of ether oxygens (including phenoxy) is 1. The molecule has 2 amide bonds. The molecule has 1 rings (SSSR count). The van der Waals surface area contributed by atoms with Gasteiger partial charge in [-0.2, -0.15) is 0 Å². The maximum absolute atomic E-state index is 11.6. The molecule has 0 bridgehead atoms. The van der Waals surface area contributed by atoms with Crippen molar-refractivity contribution in [3.8, 4) is 5.75 Å². The molecule has 0 unspecified atom stereocenters. The molecule has 0 saturated carbocycles. The molecular formula is C14H20N2O5. The van der Waals surface area contributed by atoms with Crippen molar-refractivity contribution in [1.29, 1.82) is 0 Å². The van der Waals surface area contributed by atoms with Crippen LogP contribution in [0.3, 0.4) is 0 Å². The van der Waals surface area contributed by atoms with Crippen LogP contribution in [0.15, 0.2) is 24.3 Å². The topological polar surface area (TPSA) is 108 Å². The van der Waals surface area contributed by atoms with Gasteiger partial charge in [0.15, 0.2) is 0 Å². The number of hydrogen-bond donors (Lipinski definition) is 4. The Morgan fingerprint density at radius 1 is 1.38 bits per heavy atom. The van der Waals surface area contributed by atoms with Gasteiger partial charge in [-0.15, -0.1) is 0 Å². The molecule has 1 aromatic rings. The maximum atomic E-state index is 11.6. The number of benzene rings is 1. The fourth-order valence-electron chi connectivity index (χ4n) is 1.74. The molecule has 0 fully saturated rings. The van der Waals surface area contributed by atoms with E-state index in [1.807, 2.05) is 24.3 Å². The summed E-state index contributed by atoms with van der Waals surface area (Å²) < 4.78 is 5.10. The summed E-state index contributed by atoms with van der Waals surface area (Å²) >= 11 is 0. The molecule has 0 spiro atoms. The number of aliphatic hydroxyl groups is 1. The highest BCUT2D eigenvalue weighted by Crippen LogP contribution is 2.12. The number of aliphatic hydroxyl groups excluding tert-OH is 1. The average Bonchev–Trinajstić information content (AvgIpc) is 2.47. The van der Waals surface area contributed by atoms with Crippen LogP contribution in [0.1, 0.15) is 12.0 Å². The summed E-state index contributed by atoms with van der Waals surface area (Å²) in [5.41, 5.74) is 1.000. The van der Waals surface area contributed by atoms with E-state index in [0.29, 0.717) is 13.0 Å². The van der Waals surface area contributed by atoms with E-state index < -0.39 is 18.0 Å². The van der Waals surface area contributed by atoms with Crippen molar-refractivity contribution in [3.05, 3.63) is 29.8 Å². The van der Waals surface area contributed by atoms with Crippen molar-refractivity contribution in [2.75, 3.05) is 20.3 Å². The number of carbonyl (C=O) groups is 2. The van der Waals surface area contributed by atoms with E-state index in [1.54, 1.807) is 7.11 Å². The van der Waals surface area contributed by atoms with Crippen molar-refractivity contribution in [2.24, 2.45) is 0 Å². The third-order valence-corrected chi connectivity index (χ3v) is 2.85. The number of rotatable bonds is 8. The Labute approximate surface area is 122 Å². The molecule has 0 aromatic heterocycles. The summed E-state index contributed by atoms with van der Waals surface area (Å²) in [5.74, 6) is -0.433. The van der Waals surface area contributed by atoms with E-state index in [2.05, 4.69) is 10.6 Å². The molecule has 0 aliphatic rings. The highest BCUT2D eigenvalue weighted by Gasteiger charge is 2.18. The molecule has 0 saturated heterocycles. The van der Waals surface area contributed by atoms with Crippen molar-refractivity contribution in [2.45, 2.75) is 18.9 Å². The number of aliphatic carboxylic acids is 1. The fourth-order valence-corrected chi connectivity index (χ4v) is 1.74. The average molecular weight is 296 g/mol. The molecule has 116 valence electrons. The lowest BCUT2D eigenvalue weighted by Crippen LogP contribution is -2.46. The van der Waals surface area contributed by atoms with Crippen LogP contribution < -0.4 is 15.4 Å². The normalized spacial score (nSPS) is 11.5. The van der Waals surface area contributed by atoms with Gasteiger partial charge in [0, 0.05) is 19.6 Å². The Morgan fingerprint density at radius 3 is 2.76 bits per heavy atom. The molecule has 4 N–H and O–H groups in total. The number of carboxylic acids is 1. The zero-order valence-corrected chi connectivity index (χ0v) is 11.8. The van der Waals surface area contributed by atoms with Crippen LogP contribution in [0.4, 0.5) is 4.79 Å². The van der Waals surface area contributed by atoms with Crippen LogP contribution in [0.2, 0.25) is 0 Å². The summed E-state index contributed by atoms with van der Waals surface area (Å²) in [6.45, 7) is 0.0610. The summed E-state index contributed by atoms with van der Waals surface area (Å²) in [4.78, 5) is 22.4. The van der Waals surface area contributed by atoms with Crippen LogP contribution >= 0.6 is 0 Å². The third kappa shape index (κ3) is 6.13. The summed E-state index contributed by atoms with van der Waals surface area (Å²) in [6, 6.07) is 5.80. The highest BCUT2D eigenvalue weighted by molar-refractivity contribution is 5.82. The second kappa shape index (κ2) is 8.80. The Morgan fingerprint density at radius 2 is 2.14 bits per heavy atom. The van der Waals surface area contributed by atoms with Crippen LogP contribution in [0, 0.1) is 0 Å². The second-order valence-corrected chi connectivity index (χ2v) is 4.40. The van der Waals surface area contributed by atoms with Crippen LogP contribution in [-0.4, -0.2) is 48.5 Å². The first-order valence-corrected chi connectivity index (χ1v) is 6.57. The molecule has 21 heavy (non-hydrogen) atoms. The maximum Gasteiger partial charge on any atom is 0.326 e. The van der Waals surface area contributed by atoms with Gasteiger partial charge in [0.05, 0.1) is 7.11 Å². The SMILES string of the molecule is COc1cccc(CCNC(=O)N[C@@H](CCO)C(=O)O)c1. The standard InChI is InChI=1S/C14H20N2O5/c1-21-11-4-2-3-10(9-11)5-7-15-14(20)16-12(6-8-17)13(18)19/h2-4,9,12,17H,5-8H2,1H3,(H,18,19)(H2,15,16,20)/t12-/m0/s1. The lowest BCUT2D eigenvalue weighted by Gasteiger charge is -2.14. The Balaban J connectivity index is 2.37. The summed E-state index contributed by atoms with van der Waals surface area (Å²) in [7, 11) is 1.58. The first-order valence-electron chi connectivity index (χ1n) is 6.57. The van der Waals surface area contributed by atoms with Crippen LogP contribution in [-0.2, 0) is 11.2 Å². The molecule has 0 heterocycles. The number of carboxylic acid groups (broad SMARTS) is 1. The van der Waals surface area contributed by atoms with Gasteiger partial charge in [0.25, 0.3) is 0 Å². The third-order valence-electron chi connectivity index (χ3n) is 2.85. The number of methoxy groups -OCH3 is 1.